The molecule has 1 rings (SSSR count). The molecule has 1 aromatic rings. The Hall–Kier alpha value is -0.780. The molecule has 0 aliphatic heterocycles. The molecule has 1 aromatic carbocycles. The lowest BCUT2D eigenvalue weighted by atomic mass is 9.94. The van der Waals surface area contributed by atoms with Crippen molar-refractivity contribution in [3.05, 3.63) is 22.2 Å². The normalized spacial score (nSPS) is 14.6. The number of aromatic hydroxyl groups is 1. The lowest BCUT2D eigenvalue weighted by Gasteiger charge is -2.23. The maximum atomic E-state index is 9.99. The van der Waals surface area contributed by atoms with Crippen molar-refractivity contribution in [1.82, 2.24) is 0 Å². The van der Waals surface area contributed by atoms with Gasteiger partial charge in [0.25, 0.3) is 0 Å². The van der Waals surface area contributed by atoms with E-state index < -0.39 is 12.1 Å². The zero-order valence-corrected chi connectivity index (χ0v) is 12.4. The van der Waals surface area contributed by atoms with E-state index in [9.17, 15) is 10.2 Å². The summed E-state index contributed by atoms with van der Waals surface area (Å²) in [6.45, 7) is 6.10. The summed E-state index contributed by atoms with van der Waals surface area (Å²) in [4.78, 5) is 0. The van der Waals surface area contributed by atoms with Gasteiger partial charge in [0.05, 0.1) is 23.2 Å². The highest BCUT2D eigenvalue weighted by atomic mass is 79.9. The Kier molecular flexibility index (Phi) is 5.44. The van der Waals surface area contributed by atoms with Crippen LogP contribution in [0.5, 0.6) is 11.5 Å². The molecule has 0 aromatic heterocycles. The van der Waals surface area contributed by atoms with Crippen molar-refractivity contribution in [2.45, 2.75) is 32.9 Å². The summed E-state index contributed by atoms with van der Waals surface area (Å²) in [5.41, 5.74) is 6.74. The molecule has 0 saturated heterocycles. The quantitative estimate of drug-likeness (QED) is 0.780. The first-order valence-corrected chi connectivity index (χ1v) is 6.76. The number of phenols is 1. The first kappa shape index (κ1) is 15.3. The van der Waals surface area contributed by atoms with Crippen LogP contribution < -0.4 is 10.5 Å². The van der Waals surface area contributed by atoms with Crippen molar-refractivity contribution in [3.8, 4) is 11.5 Å². The van der Waals surface area contributed by atoms with Gasteiger partial charge in [-0.3, -0.25) is 0 Å². The van der Waals surface area contributed by atoms with E-state index in [1.165, 1.54) is 0 Å². The molecule has 5 heteroatoms. The standard InChI is InChI=1S/C13H20BrNO3/c1-4-18-10-6-8(5-9(14)13(10)17)11(15)12(16)7(2)3/h5-7,11-12,16-17H,4,15H2,1-3H3/t11-,12+/m1/s1. The largest absolute Gasteiger partial charge is 0.503 e. The van der Waals surface area contributed by atoms with Crippen LogP contribution in [0, 0.1) is 5.92 Å². The van der Waals surface area contributed by atoms with Crippen LogP contribution >= 0.6 is 15.9 Å². The first-order chi connectivity index (χ1) is 8.38. The third-order valence-corrected chi connectivity index (χ3v) is 3.39. The molecule has 0 spiro atoms. The number of aliphatic hydroxyl groups is 1. The third-order valence-electron chi connectivity index (χ3n) is 2.79. The van der Waals surface area contributed by atoms with Gasteiger partial charge in [-0.2, -0.15) is 0 Å². The second-order valence-electron chi connectivity index (χ2n) is 4.54. The van der Waals surface area contributed by atoms with Gasteiger partial charge in [-0.1, -0.05) is 13.8 Å². The fourth-order valence-electron chi connectivity index (χ4n) is 1.66. The summed E-state index contributed by atoms with van der Waals surface area (Å²) in [5.74, 6) is 0.475. The highest BCUT2D eigenvalue weighted by Crippen LogP contribution is 2.37. The Bertz CT molecular complexity index is 409. The van der Waals surface area contributed by atoms with Crippen molar-refractivity contribution >= 4 is 15.9 Å². The average Bonchev–Trinajstić information content (AvgIpc) is 2.32. The van der Waals surface area contributed by atoms with Crippen molar-refractivity contribution in [2.24, 2.45) is 11.7 Å². The van der Waals surface area contributed by atoms with Gasteiger partial charge in [0, 0.05) is 0 Å². The van der Waals surface area contributed by atoms with Crippen LogP contribution in [0.1, 0.15) is 32.4 Å². The lowest BCUT2D eigenvalue weighted by Crippen LogP contribution is -2.30. The Morgan fingerprint density at radius 2 is 2.00 bits per heavy atom. The van der Waals surface area contributed by atoms with Gasteiger partial charge in [-0.25, -0.2) is 0 Å². The molecule has 0 amide bonds. The minimum atomic E-state index is -0.643. The molecule has 0 aliphatic rings. The molecule has 0 bridgehead atoms. The number of phenolic OH excluding ortho intramolecular Hbond substituents is 1. The van der Waals surface area contributed by atoms with Crippen LogP contribution in [-0.4, -0.2) is 22.9 Å². The molecular weight excluding hydrogens is 298 g/mol. The van der Waals surface area contributed by atoms with Gasteiger partial charge in [0.15, 0.2) is 11.5 Å². The molecule has 0 heterocycles. The molecule has 0 saturated carbocycles. The minimum absolute atomic E-state index is 0.0480. The smallest absolute Gasteiger partial charge is 0.172 e. The Labute approximate surface area is 116 Å². The van der Waals surface area contributed by atoms with E-state index in [4.69, 9.17) is 10.5 Å². The van der Waals surface area contributed by atoms with E-state index in [1.54, 1.807) is 12.1 Å². The maximum absolute atomic E-state index is 9.99. The van der Waals surface area contributed by atoms with Gasteiger partial charge in [0.1, 0.15) is 0 Å². The van der Waals surface area contributed by atoms with Crippen molar-refractivity contribution < 1.29 is 14.9 Å². The summed E-state index contributed by atoms with van der Waals surface area (Å²) >= 11 is 3.25. The summed E-state index contributed by atoms with van der Waals surface area (Å²) in [6, 6.07) is 2.86. The van der Waals surface area contributed by atoms with E-state index in [1.807, 2.05) is 20.8 Å². The van der Waals surface area contributed by atoms with Crippen molar-refractivity contribution in [2.75, 3.05) is 6.61 Å². The Morgan fingerprint density at radius 3 is 2.50 bits per heavy atom. The summed E-state index contributed by atoms with van der Waals surface area (Å²) in [7, 11) is 0. The molecule has 0 radical (unpaired) electrons. The number of hydrogen-bond donors (Lipinski definition) is 3. The zero-order valence-electron chi connectivity index (χ0n) is 10.9. The van der Waals surface area contributed by atoms with Crippen LogP contribution in [0.2, 0.25) is 0 Å². The van der Waals surface area contributed by atoms with Crippen molar-refractivity contribution in [3.63, 3.8) is 0 Å². The third kappa shape index (κ3) is 3.37. The van der Waals surface area contributed by atoms with Crippen LogP contribution in [0.15, 0.2) is 16.6 Å². The minimum Gasteiger partial charge on any atom is -0.503 e. The number of hydrogen-bond acceptors (Lipinski definition) is 4. The average molecular weight is 318 g/mol. The van der Waals surface area contributed by atoms with Crippen LogP contribution in [0.3, 0.4) is 0 Å². The zero-order chi connectivity index (χ0) is 13.9. The topological polar surface area (TPSA) is 75.7 Å². The van der Waals surface area contributed by atoms with E-state index in [0.717, 1.165) is 5.56 Å². The number of aliphatic hydroxyl groups excluding tert-OH is 1. The fourth-order valence-corrected chi connectivity index (χ4v) is 2.12. The summed E-state index contributed by atoms with van der Waals surface area (Å²) in [6.07, 6.45) is -0.643. The number of ether oxygens (including phenoxy) is 1. The van der Waals surface area contributed by atoms with Gasteiger partial charge in [0.2, 0.25) is 0 Å². The first-order valence-electron chi connectivity index (χ1n) is 5.97. The van der Waals surface area contributed by atoms with Crippen LogP contribution in [0.25, 0.3) is 0 Å². The van der Waals surface area contributed by atoms with Gasteiger partial charge < -0.3 is 20.7 Å². The SMILES string of the molecule is CCOc1cc([C@@H](N)[C@@H](O)C(C)C)cc(Br)c1O. The molecule has 0 unspecified atom stereocenters. The number of halogens is 1. The van der Waals surface area contributed by atoms with E-state index in [2.05, 4.69) is 15.9 Å². The molecule has 4 N–H and O–H groups in total. The highest BCUT2D eigenvalue weighted by Gasteiger charge is 2.22. The van der Waals surface area contributed by atoms with Gasteiger partial charge in [-0.15, -0.1) is 0 Å². The maximum Gasteiger partial charge on any atom is 0.172 e. The molecule has 0 aliphatic carbocycles. The Balaban J connectivity index is 3.10. The van der Waals surface area contributed by atoms with E-state index in [0.29, 0.717) is 16.8 Å². The predicted molar refractivity (Wildman–Crippen MR) is 74.7 cm³/mol. The fraction of sp³-hybridized carbons (Fsp3) is 0.538. The lowest BCUT2D eigenvalue weighted by molar-refractivity contribution is 0.0978. The molecule has 0 fully saturated rings. The molecular formula is C13H20BrNO3. The summed E-state index contributed by atoms with van der Waals surface area (Å²) < 4.78 is 5.84. The Morgan fingerprint density at radius 1 is 1.39 bits per heavy atom. The molecule has 2 atom stereocenters. The van der Waals surface area contributed by atoms with E-state index >= 15 is 0 Å². The van der Waals surface area contributed by atoms with Gasteiger partial charge in [-0.05, 0) is 46.5 Å². The predicted octanol–water partition coefficient (Wildman–Crippen LogP) is 2.57. The molecule has 18 heavy (non-hydrogen) atoms. The number of benzene rings is 1. The van der Waals surface area contributed by atoms with Crippen LogP contribution in [0.4, 0.5) is 0 Å². The van der Waals surface area contributed by atoms with Crippen LogP contribution in [-0.2, 0) is 0 Å². The van der Waals surface area contributed by atoms with E-state index in [-0.39, 0.29) is 11.7 Å². The van der Waals surface area contributed by atoms with Gasteiger partial charge >= 0.3 is 0 Å². The second kappa shape index (κ2) is 6.41. The monoisotopic (exact) mass is 317 g/mol. The molecule has 4 nitrogen and oxygen atoms in total. The number of nitrogens with two attached hydrogens (primary N) is 1. The number of rotatable bonds is 5. The second-order valence-corrected chi connectivity index (χ2v) is 5.40. The van der Waals surface area contributed by atoms with Crippen molar-refractivity contribution in [1.29, 1.82) is 0 Å². The summed E-state index contributed by atoms with van der Waals surface area (Å²) in [5, 5.41) is 19.8. The molecule has 102 valence electrons. The highest BCUT2D eigenvalue weighted by molar-refractivity contribution is 9.10.